The first-order valence-electron chi connectivity index (χ1n) is 13.5. The Morgan fingerprint density at radius 3 is 2.44 bits per heavy atom. The second-order valence-electron chi connectivity index (χ2n) is 10.9. The Morgan fingerprint density at radius 1 is 1.00 bits per heavy atom. The summed E-state index contributed by atoms with van der Waals surface area (Å²) in [7, 11) is 0. The van der Waals surface area contributed by atoms with Crippen molar-refractivity contribution in [3.63, 3.8) is 0 Å². The summed E-state index contributed by atoms with van der Waals surface area (Å²) in [6, 6.07) is 6.11. The maximum Gasteiger partial charge on any atom is 0.371 e. The van der Waals surface area contributed by atoms with Gasteiger partial charge in [0.15, 0.2) is 0 Å². The number of carbonyl (C=O) groups excluding carboxylic acids is 2. The SMILES string of the molecule is NC[C@H]1CC[C@H](C(=O)N2CCC(C3CCCCC3)[C@H]2C(=O)Nc2ccc3oc(C(=O)O)cc3c2)CC1. The molecule has 4 N–H and O–H groups in total. The molecule has 1 saturated heterocycles. The number of rotatable bonds is 6. The van der Waals surface area contributed by atoms with Crippen LogP contribution in [-0.2, 0) is 9.59 Å². The van der Waals surface area contributed by atoms with E-state index in [2.05, 4.69) is 5.32 Å². The highest BCUT2D eigenvalue weighted by Crippen LogP contribution is 2.41. The molecule has 3 aliphatic rings. The van der Waals surface area contributed by atoms with Crippen molar-refractivity contribution in [2.75, 3.05) is 18.4 Å². The molecule has 2 atom stereocenters. The minimum atomic E-state index is -1.13. The maximum absolute atomic E-state index is 13.8. The van der Waals surface area contributed by atoms with Crippen LogP contribution in [0.4, 0.5) is 5.69 Å². The van der Waals surface area contributed by atoms with Crippen molar-refractivity contribution >= 4 is 34.4 Å². The van der Waals surface area contributed by atoms with Crippen molar-refractivity contribution in [3.05, 3.63) is 30.0 Å². The van der Waals surface area contributed by atoms with Crippen LogP contribution in [-0.4, -0.2) is 46.9 Å². The Kier molecular flexibility index (Phi) is 7.32. The molecule has 1 aromatic carbocycles. The number of hydrogen-bond donors (Lipinski definition) is 3. The molecule has 2 amide bonds. The molecule has 2 aromatic rings. The van der Waals surface area contributed by atoms with Crippen LogP contribution < -0.4 is 11.1 Å². The number of carboxylic acid groups (broad SMARTS) is 1. The average molecular weight is 496 g/mol. The largest absolute Gasteiger partial charge is 0.475 e. The van der Waals surface area contributed by atoms with Crippen LogP contribution in [0.25, 0.3) is 11.0 Å². The molecule has 2 heterocycles. The van der Waals surface area contributed by atoms with Gasteiger partial charge in [-0.1, -0.05) is 32.1 Å². The lowest BCUT2D eigenvalue weighted by Gasteiger charge is -2.36. The number of nitrogens with zero attached hydrogens (tertiary/aromatic N) is 1. The average Bonchev–Trinajstić information content (AvgIpc) is 3.54. The first kappa shape index (κ1) is 24.8. The van der Waals surface area contributed by atoms with Crippen molar-refractivity contribution in [2.45, 2.75) is 70.3 Å². The fourth-order valence-electron chi connectivity index (χ4n) is 6.78. The number of aromatic carboxylic acids is 1. The number of carbonyl (C=O) groups is 3. The molecular weight excluding hydrogens is 458 g/mol. The lowest BCUT2D eigenvalue weighted by molar-refractivity contribution is -0.142. The van der Waals surface area contributed by atoms with Gasteiger partial charge in [0, 0.05) is 23.5 Å². The van der Waals surface area contributed by atoms with Gasteiger partial charge in [0.25, 0.3) is 0 Å². The van der Waals surface area contributed by atoms with Gasteiger partial charge in [0.05, 0.1) is 0 Å². The third-order valence-corrected chi connectivity index (χ3v) is 8.78. The predicted octanol–water partition coefficient (Wildman–Crippen LogP) is 4.63. The van der Waals surface area contributed by atoms with Gasteiger partial charge >= 0.3 is 5.97 Å². The third kappa shape index (κ3) is 5.01. The van der Waals surface area contributed by atoms with Crippen LogP contribution in [0.15, 0.2) is 28.7 Å². The van der Waals surface area contributed by atoms with Gasteiger partial charge in [0.1, 0.15) is 11.6 Å². The summed E-state index contributed by atoms with van der Waals surface area (Å²) in [5.41, 5.74) is 6.88. The Balaban J connectivity index is 1.36. The molecule has 1 aliphatic heterocycles. The Morgan fingerprint density at radius 2 is 1.75 bits per heavy atom. The van der Waals surface area contributed by atoms with E-state index in [1.165, 1.54) is 25.3 Å². The second-order valence-corrected chi connectivity index (χ2v) is 10.9. The number of likely N-dealkylation sites (tertiary alicyclic amines) is 1. The Labute approximate surface area is 211 Å². The highest BCUT2D eigenvalue weighted by atomic mass is 16.4. The van der Waals surface area contributed by atoms with Gasteiger partial charge in [-0.15, -0.1) is 0 Å². The standard InChI is InChI=1S/C28H37N3O5/c29-16-17-6-8-19(9-7-17)27(33)31-13-12-22(18-4-2-1-3-5-18)25(31)26(32)30-21-10-11-23-20(14-21)15-24(36-23)28(34)35/h10-11,14-15,17-19,22,25H,1-9,12-13,16,29H2,(H,30,32)(H,34,35)/t17-,19-,22?,25-/m0/s1. The van der Waals surface area contributed by atoms with Crippen molar-refractivity contribution in [3.8, 4) is 0 Å². The fraction of sp³-hybridized carbons (Fsp3) is 0.607. The lowest BCUT2D eigenvalue weighted by Crippen LogP contribution is -2.49. The van der Waals surface area contributed by atoms with E-state index in [1.807, 2.05) is 4.90 Å². The summed E-state index contributed by atoms with van der Waals surface area (Å²) in [5.74, 6) is -0.170. The van der Waals surface area contributed by atoms with E-state index in [-0.39, 0.29) is 29.4 Å². The van der Waals surface area contributed by atoms with Crippen LogP contribution in [0.5, 0.6) is 0 Å². The number of anilines is 1. The molecule has 1 aromatic heterocycles. The number of hydrogen-bond acceptors (Lipinski definition) is 5. The second kappa shape index (κ2) is 10.6. The number of nitrogens with one attached hydrogen (secondary N) is 1. The van der Waals surface area contributed by atoms with E-state index < -0.39 is 12.0 Å². The summed E-state index contributed by atoms with van der Waals surface area (Å²) >= 11 is 0. The molecule has 5 rings (SSSR count). The molecule has 1 unspecified atom stereocenters. The van der Waals surface area contributed by atoms with E-state index in [9.17, 15) is 19.5 Å². The highest BCUT2D eigenvalue weighted by molar-refractivity contribution is 6.00. The van der Waals surface area contributed by atoms with Crippen LogP contribution in [0, 0.1) is 23.7 Å². The van der Waals surface area contributed by atoms with E-state index in [1.54, 1.807) is 18.2 Å². The molecule has 36 heavy (non-hydrogen) atoms. The summed E-state index contributed by atoms with van der Waals surface area (Å²) in [6.45, 7) is 1.31. The smallest absolute Gasteiger partial charge is 0.371 e. The van der Waals surface area contributed by atoms with Crippen LogP contribution in [0.3, 0.4) is 0 Å². The number of carboxylic acids is 1. The minimum absolute atomic E-state index is 0.0232. The van der Waals surface area contributed by atoms with Gasteiger partial charge in [-0.25, -0.2) is 4.79 Å². The fourth-order valence-corrected chi connectivity index (χ4v) is 6.78. The zero-order valence-electron chi connectivity index (χ0n) is 20.8. The molecule has 0 bridgehead atoms. The zero-order chi connectivity index (χ0) is 25.2. The van der Waals surface area contributed by atoms with Gasteiger partial charge in [-0.05, 0) is 80.7 Å². The summed E-state index contributed by atoms with van der Waals surface area (Å²) in [4.78, 5) is 40.6. The van der Waals surface area contributed by atoms with E-state index in [0.29, 0.717) is 41.6 Å². The number of fused-ring (bicyclic) bond motifs is 1. The lowest BCUT2D eigenvalue weighted by atomic mass is 9.76. The molecule has 0 spiro atoms. The van der Waals surface area contributed by atoms with Crippen molar-refractivity contribution in [1.29, 1.82) is 0 Å². The number of benzene rings is 1. The topological polar surface area (TPSA) is 126 Å². The summed E-state index contributed by atoms with van der Waals surface area (Å²) in [6.07, 6.45) is 10.4. The predicted molar refractivity (Wildman–Crippen MR) is 136 cm³/mol. The molecule has 2 aliphatic carbocycles. The van der Waals surface area contributed by atoms with Gasteiger partial charge < -0.3 is 25.5 Å². The number of nitrogens with two attached hydrogens (primary N) is 1. The zero-order valence-corrected chi connectivity index (χ0v) is 20.8. The number of amides is 2. The van der Waals surface area contributed by atoms with Gasteiger partial charge in [-0.2, -0.15) is 0 Å². The van der Waals surface area contributed by atoms with Crippen molar-refractivity contribution < 1.29 is 23.9 Å². The Hall–Kier alpha value is -2.87. The maximum atomic E-state index is 13.8. The van der Waals surface area contributed by atoms with Gasteiger partial charge in [-0.3, -0.25) is 9.59 Å². The highest BCUT2D eigenvalue weighted by Gasteiger charge is 2.46. The van der Waals surface area contributed by atoms with Crippen LogP contribution in [0.1, 0.15) is 74.8 Å². The van der Waals surface area contributed by atoms with Crippen molar-refractivity contribution in [2.24, 2.45) is 29.4 Å². The molecular formula is C28H37N3O5. The summed E-state index contributed by atoms with van der Waals surface area (Å²) in [5, 5.41) is 12.9. The first-order valence-corrected chi connectivity index (χ1v) is 13.5. The van der Waals surface area contributed by atoms with Crippen LogP contribution in [0.2, 0.25) is 0 Å². The molecule has 194 valence electrons. The quantitative estimate of drug-likeness (QED) is 0.536. The minimum Gasteiger partial charge on any atom is -0.475 e. The Bertz CT molecular complexity index is 1110. The van der Waals surface area contributed by atoms with E-state index in [4.69, 9.17) is 10.2 Å². The van der Waals surface area contributed by atoms with E-state index >= 15 is 0 Å². The summed E-state index contributed by atoms with van der Waals surface area (Å²) < 4.78 is 5.34. The van der Waals surface area contributed by atoms with Crippen molar-refractivity contribution in [1.82, 2.24) is 4.90 Å². The molecule has 2 saturated carbocycles. The molecule has 8 nitrogen and oxygen atoms in total. The number of furan rings is 1. The van der Waals surface area contributed by atoms with Crippen LogP contribution >= 0.6 is 0 Å². The normalized spacial score (nSPS) is 27.3. The first-order chi connectivity index (χ1) is 17.4. The van der Waals surface area contributed by atoms with E-state index in [0.717, 1.165) is 44.9 Å². The molecule has 3 fully saturated rings. The van der Waals surface area contributed by atoms with Gasteiger partial charge in [0.2, 0.25) is 17.6 Å². The monoisotopic (exact) mass is 495 g/mol. The molecule has 0 radical (unpaired) electrons. The molecule has 8 heteroatoms. The third-order valence-electron chi connectivity index (χ3n) is 8.78.